The van der Waals surface area contributed by atoms with Crippen LogP contribution in [0.25, 0.3) is 0 Å². The van der Waals surface area contributed by atoms with Gasteiger partial charge in [0.1, 0.15) is 0 Å². The maximum Gasteiger partial charge on any atom is 0.241 e. The molecule has 6 heteroatoms. The zero-order valence-corrected chi connectivity index (χ0v) is 12.3. The first-order chi connectivity index (χ1) is 9.15. The predicted octanol–water partition coefficient (Wildman–Crippen LogP) is 2.15. The van der Waals surface area contributed by atoms with E-state index in [0.29, 0.717) is 0 Å². The first kappa shape index (κ1) is 16.5. The van der Waals surface area contributed by atoms with Gasteiger partial charge in [-0.3, -0.25) is 9.59 Å². The summed E-state index contributed by atoms with van der Waals surface area (Å²) in [5.74, 6) is -0.102. The van der Waals surface area contributed by atoms with Crippen molar-refractivity contribution in [2.75, 3.05) is 17.2 Å². The molecule has 0 aromatic heterocycles. The SMILES string of the molecule is CC(=O)Nc1ccc(NC(=O)[C@@H]2CCCCN2)cc1.Cl. The van der Waals surface area contributed by atoms with Crippen LogP contribution in [0.15, 0.2) is 24.3 Å². The summed E-state index contributed by atoms with van der Waals surface area (Å²) in [6.45, 7) is 2.37. The topological polar surface area (TPSA) is 70.2 Å². The van der Waals surface area contributed by atoms with Crippen molar-refractivity contribution in [1.29, 1.82) is 0 Å². The summed E-state index contributed by atoms with van der Waals surface area (Å²) in [6.07, 6.45) is 3.11. The Hall–Kier alpha value is -1.59. The Kier molecular flexibility index (Phi) is 6.48. The van der Waals surface area contributed by atoms with E-state index in [4.69, 9.17) is 0 Å². The Morgan fingerprint density at radius 2 is 1.70 bits per heavy atom. The highest BCUT2D eigenvalue weighted by Gasteiger charge is 2.20. The van der Waals surface area contributed by atoms with E-state index in [1.165, 1.54) is 6.92 Å². The zero-order valence-electron chi connectivity index (χ0n) is 11.4. The lowest BCUT2D eigenvalue weighted by molar-refractivity contribution is -0.118. The van der Waals surface area contributed by atoms with Crippen molar-refractivity contribution in [2.45, 2.75) is 32.2 Å². The molecule has 110 valence electrons. The molecule has 1 heterocycles. The second-order valence-corrected chi connectivity index (χ2v) is 4.75. The predicted molar refractivity (Wildman–Crippen MR) is 82.3 cm³/mol. The van der Waals surface area contributed by atoms with Crippen molar-refractivity contribution in [3.8, 4) is 0 Å². The molecule has 1 aliphatic heterocycles. The van der Waals surface area contributed by atoms with Gasteiger partial charge in [-0.2, -0.15) is 0 Å². The monoisotopic (exact) mass is 297 g/mol. The average Bonchev–Trinajstić information content (AvgIpc) is 2.41. The number of amides is 2. The number of piperidine rings is 1. The molecule has 0 unspecified atom stereocenters. The van der Waals surface area contributed by atoms with Gasteiger partial charge in [-0.25, -0.2) is 0 Å². The first-order valence-corrected chi connectivity index (χ1v) is 6.57. The van der Waals surface area contributed by atoms with E-state index >= 15 is 0 Å². The van der Waals surface area contributed by atoms with E-state index in [1.807, 2.05) is 0 Å². The number of benzene rings is 1. The summed E-state index contributed by atoms with van der Waals surface area (Å²) in [6, 6.07) is 7.01. The zero-order chi connectivity index (χ0) is 13.7. The molecule has 1 aromatic rings. The number of hydrogen-bond donors (Lipinski definition) is 3. The number of halogens is 1. The molecular formula is C14H20ClN3O2. The van der Waals surface area contributed by atoms with Gasteiger partial charge in [0, 0.05) is 18.3 Å². The van der Waals surface area contributed by atoms with Crippen LogP contribution in [0.2, 0.25) is 0 Å². The third-order valence-electron chi connectivity index (χ3n) is 3.10. The molecular weight excluding hydrogens is 278 g/mol. The van der Waals surface area contributed by atoms with E-state index in [2.05, 4.69) is 16.0 Å². The van der Waals surface area contributed by atoms with Crippen molar-refractivity contribution in [3.05, 3.63) is 24.3 Å². The van der Waals surface area contributed by atoms with E-state index in [9.17, 15) is 9.59 Å². The molecule has 0 aliphatic carbocycles. The van der Waals surface area contributed by atoms with Gasteiger partial charge in [-0.15, -0.1) is 12.4 Å². The standard InChI is InChI=1S/C14H19N3O2.ClH/c1-10(18)16-11-5-7-12(8-6-11)17-14(19)13-4-2-3-9-15-13;/h5-8,13,15H,2-4,9H2,1H3,(H,16,18)(H,17,19);1H/t13-;/m0./s1. The number of rotatable bonds is 3. The summed E-state index contributed by atoms with van der Waals surface area (Å²) in [7, 11) is 0. The van der Waals surface area contributed by atoms with Crippen molar-refractivity contribution in [2.24, 2.45) is 0 Å². The van der Waals surface area contributed by atoms with E-state index in [1.54, 1.807) is 24.3 Å². The molecule has 20 heavy (non-hydrogen) atoms. The number of carbonyl (C=O) groups is 2. The molecule has 1 saturated heterocycles. The van der Waals surface area contributed by atoms with Crippen LogP contribution in [0.5, 0.6) is 0 Å². The van der Waals surface area contributed by atoms with Crippen LogP contribution in [0, 0.1) is 0 Å². The highest BCUT2D eigenvalue weighted by molar-refractivity contribution is 5.95. The lowest BCUT2D eigenvalue weighted by Gasteiger charge is -2.22. The number of hydrogen-bond acceptors (Lipinski definition) is 3. The minimum absolute atomic E-state index is 0. The van der Waals surface area contributed by atoms with Gasteiger partial charge >= 0.3 is 0 Å². The van der Waals surface area contributed by atoms with Crippen LogP contribution in [-0.4, -0.2) is 24.4 Å². The van der Waals surface area contributed by atoms with Gasteiger partial charge in [0.05, 0.1) is 6.04 Å². The number of carbonyl (C=O) groups excluding carboxylic acids is 2. The van der Waals surface area contributed by atoms with E-state index in [-0.39, 0.29) is 30.3 Å². The van der Waals surface area contributed by atoms with Crippen LogP contribution in [-0.2, 0) is 9.59 Å². The van der Waals surface area contributed by atoms with Crippen LogP contribution in [0.4, 0.5) is 11.4 Å². The number of nitrogens with one attached hydrogen (secondary N) is 3. The van der Waals surface area contributed by atoms with Crippen molar-refractivity contribution in [3.63, 3.8) is 0 Å². The highest BCUT2D eigenvalue weighted by Crippen LogP contribution is 2.15. The molecule has 0 saturated carbocycles. The van der Waals surface area contributed by atoms with Crippen LogP contribution >= 0.6 is 12.4 Å². The molecule has 0 radical (unpaired) electrons. The lowest BCUT2D eigenvalue weighted by atomic mass is 10.0. The highest BCUT2D eigenvalue weighted by atomic mass is 35.5. The third-order valence-corrected chi connectivity index (χ3v) is 3.10. The largest absolute Gasteiger partial charge is 0.326 e. The maximum absolute atomic E-state index is 12.0. The fraction of sp³-hybridized carbons (Fsp3) is 0.429. The van der Waals surface area contributed by atoms with Crippen molar-refractivity contribution >= 4 is 35.6 Å². The Labute approximate surface area is 124 Å². The van der Waals surface area contributed by atoms with Gasteiger partial charge in [-0.05, 0) is 43.7 Å². The second-order valence-electron chi connectivity index (χ2n) is 4.75. The molecule has 1 aromatic carbocycles. The van der Waals surface area contributed by atoms with Crippen molar-refractivity contribution in [1.82, 2.24) is 5.32 Å². The quantitative estimate of drug-likeness (QED) is 0.800. The fourth-order valence-electron chi connectivity index (χ4n) is 2.15. The van der Waals surface area contributed by atoms with E-state index in [0.717, 1.165) is 37.2 Å². The van der Waals surface area contributed by atoms with Crippen molar-refractivity contribution < 1.29 is 9.59 Å². The third kappa shape index (κ3) is 4.83. The lowest BCUT2D eigenvalue weighted by Crippen LogP contribution is -2.43. The van der Waals surface area contributed by atoms with Crippen LogP contribution < -0.4 is 16.0 Å². The maximum atomic E-state index is 12.0. The summed E-state index contributed by atoms with van der Waals surface area (Å²) in [5, 5.41) is 8.77. The van der Waals surface area contributed by atoms with Gasteiger partial charge in [0.15, 0.2) is 0 Å². The summed E-state index contributed by atoms with van der Waals surface area (Å²) in [5.41, 5.74) is 1.47. The Balaban J connectivity index is 0.00000200. The summed E-state index contributed by atoms with van der Waals surface area (Å²) >= 11 is 0. The minimum atomic E-state index is -0.108. The smallest absolute Gasteiger partial charge is 0.241 e. The molecule has 1 atom stereocenters. The normalized spacial score (nSPS) is 17.8. The fourth-order valence-corrected chi connectivity index (χ4v) is 2.15. The number of anilines is 2. The molecule has 2 rings (SSSR count). The first-order valence-electron chi connectivity index (χ1n) is 6.57. The second kappa shape index (κ2) is 7.87. The van der Waals surface area contributed by atoms with Gasteiger partial charge < -0.3 is 16.0 Å². The van der Waals surface area contributed by atoms with Crippen LogP contribution in [0.3, 0.4) is 0 Å². The Morgan fingerprint density at radius 1 is 1.10 bits per heavy atom. The van der Waals surface area contributed by atoms with E-state index < -0.39 is 0 Å². The molecule has 0 spiro atoms. The van der Waals surface area contributed by atoms with Gasteiger partial charge in [0.25, 0.3) is 0 Å². The van der Waals surface area contributed by atoms with Gasteiger partial charge in [-0.1, -0.05) is 6.42 Å². The Bertz CT molecular complexity index is 456. The van der Waals surface area contributed by atoms with Crippen LogP contribution in [0.1, 0.15) is 26.2 Å². The molecule has 1 fully saturated rings. The molecule has 2 amide bonds. The molecule has 1 aliphatic rings. The molecule has 5 nitrogen and oxygen atoms in total. The molecule has 0 bridgehead atoms. The minimum Gasteiger partial charge on any atom is -0.326 e. The Morgan fingerprint density at radius 3 is 2.20 bits per heavy atom. The summed E-state index contributed by atoms with van der Waals surface area (Å²) in [4.78, 5) is 22.9. The average molecular weight is 298 g/mol. The van der Waals surface area contributed by atoms with Gasteiger partial charge in [0.2, 0.25) is 11.8 Å². The molecule has 3 N–H and O–H groups in total. The summed E-state index contributed by atoms with van der Waals surface area (Å²) < 4.78 is 0.